The van der Waals surface area contributed by atoms with Crippen molar-refractivity contribution in [2.45, 2.75) is 251 Å². The maximum absolute atomic E-state index is 13.5. The van der Waals surface area contributed by atoms with E-state index < -0.39 is 47.9 Å². The van der Waals surface area contributed by atoms with Crippen LogP contribution in [0.3, 0.4) is 0 Å². The Kier molecular flexibility index (Phi) is 30.2. The molecule has 52 heavy (non-hydrogen) atoms. The molecule has 0 aromatic rings. The zero-order chi connectivity index (χ0) is 38.1. The molecule has 2 unspecified atom stereocenters. The number of hydrogen-bond acceptors (Lipinski definition) is 8. The van der Waals surface area contributed by atoms with E-state index in [-0.39, 0.29) is 25.7 Å². The van der Waals surface area contributed by atoms with Crippen molar-refractivity contribution in [3.8, 4) is 0 Å². The summed E-state index contributed by atoms with van der Waals surface area (Å²) in [6.45, 7) is 4.50. The lowest BCUT2D eigenvalue weighted by Gasteiger charge is -2.34. The molecule has 1 saturated heterocycles. The van der Waals surface area contributed by atoms with Gasteiger partial charge in [-0.2, -0.15) is 0 Å². The maximum Gasteiger partial charge on any atom is 0.320 e. The average Bonchev–Trinajstić information content (AvgIpc) is 3.10. The van der Waals surface area contributed by atoms with Crippen LogP contribution in [-0.2, 0) is 28.7 Å². The molecule has 8 heteroatoms. The van der Waals surface area contributed by atoms with Crippen LogP contribution in [0.25, 0.3) is 0 Å². The molecule has 2 atom stereocenters. The summed E-state index contributed by atoms with van der Waals surface area (Å²) in [5.41, 5.74) is -1.66. The topological polar surface area (TPSA) is 127 Å². The Balaban J connectivity index is 2.50. The molecule has 1 aliphatic heterocycles. The molecule has 0 aromatic carbocycles. The summed E-state index contributed by atoms with van der Waals surface area (Å²) in [7, 11) is 0. The quantitative estimate of drug-likeness (QED) is 0.0380. The number of hydrogen-bond donors (Lipinski definition) is 2. The van der Waals surface area contributed by atoms with E-state index in [0.717, 1.165) is 51.4 Å². The first-order chi connectivity index (χ1) is 25.2. The van der Waals surface area contributed by atoms with Gasteiger partial charge in [0.05, 0.1) is 36.9 Å². The largest absolute Gasteiger partial charge is 0.393 e. The van der Waals surface area contributed by atoms with Gasteiger partial charge in [0.1, 0.15) is 0 Å². The van der Waals surface area contributed by atoms with E-state index in [9.17, 15) is 29.4 Å². The molecule has 1 fully saturated rings. The Labute approximate surface area is 318 Å². The molecule has 0 aromatic heterocycles. The highest BCUT2D eigenvalue weighted by Crippen LogP contribution is 2.39. The molecule has 0 saturated carbocycles. The standard InChI is InChI=1S/C44H80O8/c1-3-5-7-9-11-13-15-17-19-21-23-25-27-29-31-38(45)35-44(37-42(49)51-40(47)33-34-41(48)52-43(44)50)36-39(46)32-30-28-26-24-22-20-18-16-14-12-10-8-6-4-2/h38-39,45-46H,3-37H2,1-2H3. The Bertz CT molecular complexity index is 878. The van der Waals surface area contributed by atoms with E-state index >= 15 is 0 Å². The molecule has 0 spiro atoms. The number of rotatable bonds is 34. The van der Waals surface area contributed by atoms with E-state index in [1.54, 1.807) is 0 Å². The maximum atomic E-state index is 13.5. The molecule has 0 aliphatic carbocycles. The number of aliphatic hydroxyl groups is 2. The summed E-state index contributed by atoms with van der Waals surface area (Å²) < 4.78 is 10.0. The van der Waals surface area contributed by atoms with Crippen LogP contribution in [0.5, 0.6) is 0 Å². The fourth-order valence-corrected chi connectivity index (χ4v) is 7.68. The fraction of sp³-hybridized carbons (Fsp3) is 0.909. The van der Waals surface area contributed by atoms with Crippen LogP contribution in [0.4, 0.5) is 0 Å². The van der Waals surface area contributed by atoms with Crippen molar-refractivity contribution in [1.82, 2.24) is 0 Å². The highest BCUT2D eigenvalue weighted by Gasteiger charge is 2.47. The number of carbonyl (C=O) groups excluding carboxylic acids is 4. The summed E-state index contributed by atoms with van der Waals surface area (Å²) in [6, 6.07) is 0. The van der Waals surface area contributed by atoms with Crippen LogP contribution in [0.15, 0.2) is 0 Å². The van der Waals surface area contributed by atoms with E-state index in [2.05, 4.69) is 13.8 Å². The average molecular weight is 737 g/mol. The Morgan fingerprint density at radius 1 is 0.442 bits per heavy atom. The highest BCUT2D eigenvalue weighted by atomic mass is 16.6. The summed E-state index contributed by atoms with van der Waals surface area (Å²) >= 11 is 0. The number of unbranched alkanes of at least 4 members (excludes halogenated alkanes) is 26. The zero-order valence-electron chi connectivity index (χ0n) is 33.7. The molecule has 0 bridgehead atoms. The Morgan fingerprint density at radius 2 is 0.731 bits per heavy atom. The van der Waals surface area contributed by atoms with Gasteiger partial charge in [0, 0.05) is 0 Å². The smallest absolute Gasteiger partial charge is 0.320 e. The lowest BCUT2D eigenvalue weighted by atomic mass is 9.73. The third-order valence-corrected chi connectivity index (χ3v) is 10.9. The second kappa shape index (κ2) is 32.6. The minimum absolute atomic E-state index is 0.142. The first-order valence-electron chi connectivity index (χ1n) is 22.1. The first kappa shape index (κ1) is 48.2. The SMILES string of the molecule is CCCCCCCCCCCCCCCCC(O)CC1(CC(O)CCCCCCCCCCCCCCCC)CC(=O)OC(=O)CCC(=O)OC1=O. The van der Waals surface area contributed by atoms with E-state index in [4.69, 9.17) is 9.47 Å². The molecule has 304 valence electrons. The van der Waals surface area contributed by atoms with E-state index in [1.165, 1.54) is 128 Å². The van der Waals surface area contributed by atoms with Gasteiger partial charge in [-0.25, -0.2) is 0 Å². The number of cyclic esters (lactones) is 4. The molecule has 0 radical (unpaired) electrons. The zero-order valence-corrected chi connectivity index (χ0v) is 33.7. The van der Waals surface area contributed by atoms with Gasteiger partial charge in [-0.15, -0.1) is 0 Å². The fourth-order valence-electron chi connectivity index (χ4n) is 7.68. The van der Waals surface area contributed by atoms with Crippen molar-refractivity contribution in [3.05, 3.63) is 0 Å². The third-order valence-electron chi connectivity index (χ3n) is 10.9. The highest BCUT2D eigenvalue weighted by molar-refractivity contribution is 5.95. The van der Waals surface area contributed by atoms with E-state index in [1.807, 2.05) is 0 Å². The Morgan fingerprint density at radius 3 is 1.06 bits per heavy atom. The minimum atomic E-state index is -1.66. The number of ether oxygens (including phenoxy) is 2. The van der Waals surface area contributed by atoms with Gasteiger partial charge in [-0.3, -0.25) is 19.2 Å². The summed E-state index contributed by atoms with van der Waals surface area (Å²) in [4.78, 5) is 50.8. The van der Waals surface area contributed by atoms with Crippen molar-refractivity contribution in [3.63, 3.8) is 0 Å². The van der Waals surface area contributed by atoms with Crippen LogP contribution < -0.4 is 0 Å². The van der Waals surface area contributed by atoms with Crippen LogP contribution in [-0.4, -0.2) is 46.3 Å². The number of esters is 4. The number of aliphatic hydroxyl groups excluding tert-OH is 2. The van der Waals surface area contributed by atoms with Crippen molar-refractivity contribution in [2.75, 3.05) is 0 Å². The molecule has 0 amide bonds. The summed E-state index contributed by atoms with van der Waals surface area (Å²) in [5.74, 6) is -3.55. The van der Waals surface area contributed by atoms with Gasteiger partial charge in [0.2, 0.25) is 0 Å². The lowest BCUT2D eigenvalue weighted by Crippen LogP contribution is -2.43. The first-order valence-corrected chi connectivity index (χ1v) is 22.1. The van der Waals surface area contributed by atoms with Gasteiger partial charge in [-0.05, 0) is 25.7 Å². The lowest BCUT2D eigenvalue weighted by molar-refractivity contribution is -0.179. The van der Waals surface area contributed by atoms with E-state index in [0.29, 0.717) is 12.8 Å². The predicted molar refractivity (Wildman–Crippen MR) is 210 cm³/mol. The van der Waals surface area contributed by atoms with Gasteiger partial charge < -0.3 is 19.7 Å². The van der Waals surface area contributed by atoms with Gasteiger partial charge in [-0.1, -0.05) is 194 Å². The summed E-state index contributed by atoms with van der Waals surface area (Å²) in [5, 5.41) is 22.2. The third kappa shape index (κ3) is 26.1. The minimum Gasteiger partial charge on any atom is -0.393 e. The molecular formula is C44H80O8. The van der Waals surface area contributed by atoms with Crippen LogP contribution in [0.2, 0.25) is 0 Å². The monoisotopic (exact) mass is 737 g/mol. The Hall–Kier alpha value is -1.80. The number of carbonyl (C=O) groups is 4. The van der Waals surface area contributed by atoms with Crippen molar-refractivity contribution >= 4 is 23.9 Å². The van der Waals surface area contributed by atoms with Crippen LogP contribution >= 0.6 is 0 Å². The molecule has 1 heterocycles. The van der Waals surface area contributed by atoms with Gasteiger partial charge >= 0.3 is 23.9 Å². The predicted octanol–water partition coefficient (Wildman–Crippen LogP) is 11.5. The molecule has 2 N–H and O–H groups in total. The van der Waals surface area contributed by atoms with Gasteiger partial charge in [0.25, 0.3) is 0 Å². The van der Waals surface area contributed by atoms with Crippen molar-refractivity contribution in [1.29, 1.82) is 0 Å². The van der Waals surface area contributed by atoms with Crippen molar-refractivity contribution in [2.24, 2.45) is 5.41 Å². The normalized spacial score (nSPS) is 18.3. The van der Waals surface area contributed by atoms with Crippen LogP contribution in [0.1, 0.15) is 239 Å². The molecule has 1 rings (SSSR count). The second-order valence-corrected chi connectivity index (χ2v) is 16.1. The van der Waals surface area contributed by atoms with Crippen molar-refractivity contribution < 1.29 is 38.9 Å². The molecule has 1 aliphatic rings. The van der Waals surface area contributed by atoms with Gasteiger partial charge in [0.15, 0.2) is 0 Å². The second-order valence-electron chi connectivity index (χ2n) is 16.1. The summed E-state index contributed by atoms with van der Waals surface area (Å²) in [6.07, 6.45) is 31.8. The molecular weight excluding hydrogens is 656 g/mol. The molecule has 8 nitrogen and oxygen atoms in total. The van der Waals surface area contributed by atoms with Crippen LogP contribution in [0, 0.1) is 5.41 Å².